The minimum absolute atomic E-state index is 0.0287. The van der Waals surface area contributed by atoms with E-state index in [-0.39, 0.29) is 12.3 Å². The highest BCUT2D eigenvalue weighted by Crippen LogP contribution is 2.21. The number of carbonyl (C=O) groups excluding carboxylic acids is 2. The Labute approximate surface area is 157 Å². The Hall–Kier alpha value is -1.99. The number of ether oxygens (including phenoxy) is 1. The van der Waals surface area contributed by atoms with Crippen LogP contribution in [-0.2, 0) is 20.3 Å². The molecule has 5 nitrogen and oxygen atoms in total. The molecule has 0 aromatic heterocycles. The molecule has 2 aromatic carbocycles. The van der Waals surface area contributed by atoms with E-state index in [2.05, 4.69) is 21.2 Å². The van der Waals surface area contributed by atoms with Gasteiger partial charge in [-0.15, -0.1) is 0 Å². The van der Waals surface area contributed by atoms with Crippen LogP contribution in [0.4, 0.5) is 0 Å². The molecular weight excluding hydrogens is 406 g/mol. The van der Waals surface area contributed by atoms with Crippen LogP contribution in [0.1, 0.15) is 28.4 Å². The first-order valence-electron chi connectivity index (χ1n) is 7.47. The number of esters is 1. The third kappa shape index (κ3) is 5.51. The summed E-state index contributed by atoms with van der Waals surface area (Å²) in [6.07, 6.45) is 1.61. The molecule has 0 radical (unpaired) electrons. The lowest BCUT2D eigenvalue weighted by atomic mass is 10.0. The van der Waals surface area contributed by atoms with Gasteiger partial charge in [0.2, 0.25) is 0 Å². The Kier molecular flexibility index (Phi) is 6.90. The summed E-state index contributed by atoms with van der Waals surface area (Å²) < 4.78 is 17.1. The molecular formula is C18H18BrNO4S. The molecule has 2 unspecified atom stereocenters. The zero-order valence-electron chi connectivity index (χ0n) is 13.8. The molecule has 2 rings (SSSR count). The average Bonchev–Trinajstić information content (AvgIpc) is 2.61. The second-order valence-corrected chi connectivity index (χ2v) is 7.63. The highest BCUT2D eigenvalue weighted by molar-refractivity contribution is 9.10. The maximum Gasteiger partial charge on any atom is 0.307 e. The number of hydrogen-bond acceptors (Lipinski definition) is 4. The Morgan fingerprint density at radius 3 is 2.24 bits per heavy atom. The summed E-state index contributed by atoms with van der Waals surface area (Å²) in [6, 6.07) is 13.4. The van der Waals surface area contributed by atoms with Gasteiger partial charge in [-0.2, -0.15) is 0 Å². The number of rotatable bonds is 6. The molecule has 0 aliphatic heterocycles. The summed E-state index contributed by atoms with van der Waals surface area (Å²) >= 11 is 3.36. The molecule has 0 heterocycles. The second kappa shape index (κ2) is 8.92. The molecule has 25 heavy (non-hydrogen) atoms. The fourth-order valence-corrected chi connectivity index (χ4v) is 3.02. The number of amides is 1. The SMILES string of the molecule is COC(=O)CC(NC(=O)c1ccc(S(C)=O)cc1)c1ccc(Br)cc1. The summed E-state index contributed by atoms with van der Waals surface area (Å²) in [5.74, 6) is -0.727. The first kappa shape index (κ1) is 19.3. The van der Waals surface area contributed by atoms with Gasteiger partial charge in [-0.25, -0.2) is 0 Å². The van der Waals surface area contributed by atoms with E-state index in [0.717, 1.165) is 10.0 Å². The van der Waals surface area contributed by atoms with Crippen LogP contribution in [0.2, 0.25) is 0 Å². The number of methoxy groups -OCH3 is 1. The average molecular weight is 424 g/mol. The van der Waals surface area contributed by atoms with E-state index in [1.54, 1.807) is 30.5 Å². The van der Waals surface area contributed by atoms with Crippen molar-refractivity contribution in [3.63, 3.8) is 0 Å². The van der Waals surface area contributed by atoms with E-state index in [9.17, 15) is 13.8 Å². The topological polar surface area (TPSA) is 72.5 Å². The van der Waals surface area contributed by atoms with Crippen molar-refractivity contribution >= 4 is 38.6 Å². The van der Waals surface area contributed by atoms with Gasteiger partial charge < -0.3 is 10.1 Å². The maximum absolute atomic E-state index is 12.5. The van der Waals surface area contributed by atoms with Crippen LogP contribution >= 0.6 is 15.9 Å². The van der Waals surface area contributed by atoms with Crippen LogP contribution in [0, 0.1) is 0 Å². The van der Waals surface area contributed by atoms with Crippen molar-refractivity contribution in [1.82, 2.24) is 5.32 Å². The molecule has 1 N–H and O–H groups in total. The number of carbonyl (C=O) groups is 2. The van der Waals surface area contributed by atoms with Crippen LogP contribution < -0.4 is 5.32 Å². The van der Waals surface area contributed by atoms with E-state index in [1.165, 1.54) is 7.11 Å². The van der Waals surface area contributed by atoms with Gasteiger partial charge in [0, 0.05) is 32.0 Å². The summed E-state index contributed by atoms with van der Waals surface area (Å²) in [7, 11) is 0.212. The summed E-state index contributed by atoms with van der Waals surface area (Å²) in [5.41, 5.74) is 1.23. The molecule has 0 aliphatic rings. The molecule has 0 spiro atoms. The molecule has 1 amide bonds. The maximum atomic E-state index is 12.5. The van der Waals surface area contributed by atoms with Gasteiger partial charge >= 0.3 is 5.97 Å². The van der Waals surface area contributed by atoms with Gasteiger partial charge in [0.25, 0.3) is 5.91 Å². The minimum atomic E-state index is -1.10. The lowest BCUT2D eigenvalue weighted by Crippen LogP contribution is -2.30. The van der Waals surface area contributed by atoms with Crippen LogP contribution in [0.3, 0.4) is 0 Å². The first-order chi connectivity index (χ1) is 11.9. The fraction of sp³-hybridized carbons (Fsp3) is 0.222. The Morgan fingerprint density at radius 1 is 1.12 bits per heavy atom. The Bertz CT molecular complexity index is 775. The van der Waals surface area contributed by atoms with E-state index < -0.39 is 22.8 Å². The van der Waals surface area contributed by atoms with Crippen molar-refractivity contribution < 1.29 is 18.5 Å². The first-order valence-corrected chi connectivity index (χ1v) is 9.82. The molecule has 0 aliphatic carbocycles. The standard InChI is InChI=1S/C18H18BrNO4S/c1-24-17(21)11-16(12-3-7-14(19)8-4-12)20-18(22)13-5-9-15(10-6-13)25(2)23/h3-10,16H,11H2,1-2H3,(H,20,22). The van der Waals surface area contributed by atoms with E-state index in [1.807, 2.05) is 24.3 Å². The molecule has 2 aromatic rings. The smallest absolute Gasteiger partial charge is 0.307 e. The van der Waals surface area contributed by atoms with Crippen molar-refractivity contribution in [2.75, 3.05) is 13.4 Å². The van der Waals surface area contributed by atoms with E-state index in [0.29, 0.717) is 10.5 Å². The zero-order valence-corrected chi connectivity index (χ0v) is 16.2. The summed E-state index contributed by atoms with van der Waals surface area (Å²) in [5, 5.41) is 2.85. The lowest BCUT2D eigenvalue weighted by molar-refractivity contribution is -0.141. The normalized spacial score (nSPS) is 12.9. The van der Waals surface area contributed by atoms with Gasteiger partial charge in [-0.05, 0) is 42.0 Å². The highest BCUT2D eigenvalue weighted by Gasteiger charge is 2.20. The van der Waals surface area contributed by atoms with Gasteiger partial charge in [0.15, 0.2) is 0 Å². The molecule has 0 bridgehead atoms. The van der Waals surface area contributed by atoms with Crippen molar-refractivity contribution in [2.45, 2.75) is 17.4 Å². The monoisotopic (exact) mass is 423 g/mol. The fourth-order valence-electron chi connectivity index (χ4n) is 2.24. The number of benzene rings is 2. The predicted octanol–water partition coefficient (Wildman–Crippen LogP) is 3.22. The van der Waals surface area contributed by atoms with Crippen molar-refractivity contribution in [2.24, 2.45) is 0 Å². The van der Waals surface area contributed by atoms with Crippen LogP contribution in [0.5, 0.6) is 0 Å². The van der Waals surface area contributed by atoms with Crippen molar-refractivity contribution in [3.8, 4) is 0 Å². The van der Waals surface area contributed by atoms with Crippen molar-refractivity contribution in [1.29, 1.82) is 0 Å². The zero-order chi connectivity index (χ0) is 18.4. The molecule has 0 fully saturated rings. The van der Waals surface area contributed by atoms with Crippen LogP contribution in [0.25, 0.3) is 0 Å². The number of nitrogens with one attached hydrogen (secondary N) is 1. The second-order valence-electron chi connectivity index (χ2n) is 5.34. The van der Waals surface area contributed by atoms with Gasteiger partial charge in [-0.3, -0.25) is 13.8 Å². The number of halogens is 1. The Morgan fingerprint density at radius 2 is 1.72 bits per heavy atom. The predicted molar refractivity (Wildman–Crippen MR) is 99.8 cm³/mol. The largest absolute Gasteiger partial charge is 0.469 e. The van der Waals surface area contributed by atoms with Crippen molar-refractivity contribution in [3.05, 3.63) is 64.1 Å². The van der Waals surface area contributed by atoms with Gasteiger partial charge in [0.05, 0.1) is 19.6 Å². The van der Waals surface area contributed by atoms with E-state index in [4.69, 9.17) is 4.74 Å². The molecule has 0 saturated heterocycles. The lowest BCUT2D eigenvalue weighted by Gasteiger charge is -2.18. The molecule has 7 heteroatoms. The van der Waals surface area contributed by atoms with Gasteiger partial charge in [0.1, 0.15) is 0 Å². The quantitative estimate of drug-likeness (QED) is 0.723. The van der Waals surface area contributed by atoms with Crippen LogP contribution in [0.15, 0.2) is 57.9 Å². The van der Waals surface area contributed by atoms with Gasteiger partial charge in [-0.1, -0.05) is 28.1 Å². The Balaban J connectivity index is 2.19. The molecule has 0 saturated carbocycles. The number of hydrogen-bond donors (Lipinski definition) is 1. The highest BCUT2D eigenvalue weighted by atomic mass is 79.9. The van der Waals surface area contributed by atoms with Crippen LogP contribution in [-0.4, -0.2) is 29.5 Å². The summed E-state index contributed by atoms with van der Waals surface area (Å²) in [6.45, 7) is 0. The molecule has 2 atom stereocenters. The molecule has 132 valence electrons. The third-order valence-electron chi connectivity index (χ3n) is 3.62. The minimum Gasteiger partial charge on any atom is -0.469 e. The summed E-state index contributed by atoms with van der Waals surface area (Å²) in [4.78, 5) is 24.8. The third-order valence-corrected chi connectivity index (χ3v) is 5.09. The van der Waals surface area contributed by atoms with E-state index >= 15 is 0 Å².